The van der Waals surface area contributed by atoms with Crippen LogP contribution in [0.25, 0.3) is 0 Å². The van der Waals surface area contributed by atoms with Crippen LogP contribution in [0.4, 0.5) is 0 Å². The molecule has 6 heteroatoms. The first-order valence-corrected chi connectivity index (χ1v) is 9.13. The zero-order valence-electron chi connectivity index (χ0n) is 13.8. The van der Waals surface area contributed by atoms with Crippen LogP contribution in [0.2, 0.25) is 0 Å². The Morgan fingerprint density at radius 3 is 2.71 bits per heavy atom. The SMILES string of the molecule is CCCCNC(=NCC(=O)N(C)C)NC1CCC(SC)C1. The molecule has 0 radical (unpaired) electrons. The van der Waals surface area contributed by atoms with Gasteiger partial charge in [-0.1, -0.05) is 13.3 Å². The Balaban J connectivity index is 2.51. The molecule has 1 fully saturated rings. The van der Waals surface area contributed by atoms with Gasteiger partial charge in [0, 0.05) is 31.9 Å². The third-order valence-corrected chi connectivity index (χ3v) is 4.85. The third-order valence-electron chi connectivity index (χ3n) is 3.75. The normalized spacial score (nSPS) is 22.2. The number of nitrogens with zero attached hydrogens (tertiary/aromatic N) is 2. The molecule has 0 aromatic rings. The predicted octanol–water partition coefficient (Wildman–Crippen LogP) is 1.69. The largest absolute Gasteiger partial charge is 0.356 e. The first kappa shape index (κ1) is 18.1. The van der Waals surface area contributed by atoms with Gasteiger partial charge in [0.25, 0.3) is 0 Å². The fourth-order valence-corrected chi connectivity index (χ4v) is 3.10. The first-order valence-electron chi connectivity index (χ1n) is 7.84. The van der Waals surface area contributed by atoms with Crippen molar-refractivity contribution in [2.45, 2.75) is 50.3 Å². The van der Waals surface area contributed by atoms with Crippen LogP contribution in [-0.4, -0.2) is 61.5 Å². The van der Waals surface area contributed by atoms with Gasteiger partial charge >= 0.3 is 0 Å². The molecule has 122 valence electrons. The lowest BCUT2D eigenvalue weighted by molar-refractivity contribution is -0.127. The summed E-state index contributed by atoms with van der Waals surface area (Å²) >= 11 is 1.95. The van der Waals surface area contributed by atoms with Gasteiger partial charge in [-0.3, -0.25) is 4.79 Å². The van der Waals surface area contributed by atoms with Gasteiger partial charge in [0.1, 0.15) is 6.54 Å². The van der Waals surface area contributed by atoms with E-state index in [9.17, 15) is 4.79 Å². The summed E-state index contributed by atoms with van der Waals surface area (Å²) < 4.78 is 0. The van der Waals surface area contributed by atoms with Crippen molar-refractivity contribution in [3.8, 4) is 0 Å². The maximum absolute atomic E-state index is 11.7. The van der Waals surface area contributed by atoms with Crippen LogP contribution in [0.15, 0.2) is 4.99 Å². The van der Waals surface area contributed by atoms with Gasteiger partial charge in [0.15, 0.2) is 5.96 Å². The molecule has 1 saturated carbocycles. The Morgan fingerprint density at radius 2 is 2.14 bits per heavy atom. The summed E-state index contributed by atoms with van der Waals surface area (Å²) in [6, 6.07) is 0.477. The highest BCUT2D eigenvalue weighted by Gasteiger charge is 2.24. The zero-order chi connectivity index (χ0) is 15.7. The molecular formula is C15H30N4OS. The number of unbranched alkanes of at least 4 members (excludes halogenated alkanes) is 1. The van der Waals surface area contributed by atoms with E-state index in [1.165, 1.54) is 19.3 Å². The summed E-state index contributed by atoms with van der Waals surface area (Å²) in [7, 11) is 3.52. The van der Waals surface area contributed by atoms with E-state index in [4.69, 9.17) is 0 Å². The number of amides is 1. The lowest BCUT2D eigenvalue weighted by Crippen LogP contribution is -2.43. The van der Waals surface area contributed by atoms with E-state index in [0.29, 0.717) is 6.04 Å². The lowest BCUT2D eigenvalue weighted by atomic mass is 10.2. The molecule has 1 aliphatic carbocycles. The Morgan fingerprint density at radius 1 is 1.38 bits per heavy atom. The Bertz CT molecular complexity index is 347. The van der Waals surface area contributed by atoms with Crippen molar-refractivity contribution in [2.24, 2.45) is 4.99 Å². The van der Waals surface area contributed by atoms with E-state index < -0.39 is 0 Å². The minimum absolute atomic E-state index is 0.0278. The molecule has 2 N–H and O–H groups in total. The minimum Gasteiger partial charge on any atom is -0.356 e. The summed E-state index contributed by atoms with van der Waals surface area (Å²) in [5.41, 5.74) is 0. The lowest BCUT2D eigenvalue weighted by Gasteiger charge is -2.18. The van der Waals surface area contributed by atoms with Crippen LogP contribution < -0.4 is 10.6 Å². The molecule has 0 spiro atoms. The van der Waals surface area contributed by atoms with Crippen LogP contribution in [0.3, 0.4) is 0 Å². The van der Waals surface area contributed by atoms with E-state index in [2.05, 4.69) is 28.8 Å². The van der Waals surface area contributed by atoms with Crippen molar-refractivity contribution < 1.29 is 4.79 Å². The fraction of sp³-hybridized carbons (Fsp3) is 0.867. The van der Waals surface area contributed by atoms with E-state index in [-0.39, 0.29) is 12.5 Å². The third kappa shape index (κ3) is 7.07. The second kappa shape index (κ2) is 9.92. The van der Waals surface area contributed by atoms with E-state index in [1.807, 2.05) is 11.8 Å². The highest BCUT2D eigenvalue weighted by Crippen LogP contribution is 2.27. The van der Waals surface area contributed by atoms with Crippen molar-refractivity contribution in [1.82, 2.24) is 15.5 Å². The second-order valence-electron chi connectivity index (χ2n) is 5.75. The molecule has 0 saturated heterocycles. The molecule has 0 heterocycles. The molecule has 5 nitrogen and oxygen atoms in total. The van der Waals surface area contributed by atoms with Gasteiger partial charge in [-0.2, -0.15) is 11.8 Å². The summed E-state index contributed by atoms with van der Waals surface area (Å²) in [5.74, 6) is 0.811. The van der Waals surface area contributed by atoms with E-state index in [1.54, 1.807) is 19.0 Å². The average Bonchev–Trinajstić information content (AvgIpc) is 2.91. The van der Waals surface area contributed by atoms with Crippen molar-refractivity contribution in [2.75, 3.05) is 33.4 Å². The standard InChI is InChI=1S/C15H30N4OS/c1-5-6-9-16-15(17-11-14(20)19(2)3)18-12-7-8-13(10-12)21-4/h12-13H,5-11H2,1-4H3,(H2,16,17,18). The average molecular weight is 314 g/mol. The number of hydrogen-bond donors (Lipinski definition) is 2. The number of carbonyl (C=O) groups is 1. The number of guanidine groups is 1. The van der Waals surface area contributed by atoms with Crippen LogP contribution in [0, 0.1) is 0 Å². The van der Waals surface area contributed by atoms with Crippen LogP contribution >= 0.6 is 11.8 Å². The van der Waals surface area contributed by atoms with Crippen molar-refractivity contribution in [1.29, 1.82) is 0 Å². The zero-order valence-corrected chi connectivity index (χ0v) is 14.6. The maximum Gasteiger partial charge on any atom is 0.243 e. The number of carbonyl (C=O) groups excluding carboxylic acids is 1. The predicted molar refractivity (Wildman–Crippen MR) is 92.0 cm³/mol. The highest BCUT2D eigenvalue weighted by molar-refractivity contribution is 7.99. The smallest absolute Gasteiger partial charge is 0.243 e. The first-order chi connectivity index (χ1) is 10.1. The molecule has 1 rings (SSSR count). The molecule has 0 aromatic heterocycles. The van der Waals surface area contributed by atoms with Gasteiger partial charge in [-0.15, -0.1) is 0 Å². The van der Waals surface area contributed by atoms with Gasteiger partial charge < -0.3 is 15.5 Å². The molecule has 0 aliphatic heterocycles. The monoisotopic (exact) mass is 314 g/mol. The van der Waals surface area contributed by atoms with Gasteiger partial charge in [0.2, 0.25) is 5.91 Å². The summed E-state index contributed by atoms with van der Waals surface area (Å²) in [6.07, 6.45) is 8.06. The summed E-state index contributed by atoms with van der Waals surface area (Å²) in [6.45, 7) is 3.27. The number of thioether (sulfide) groups is 1. The number of likely N-dealkylation sites (N-methyl/N-ethyl adjacent to an activating group) is 1. The van der Waals surface area contributed by atoms with E-state index >= 15 is 0 Å². The molecule has 2 atom stereocenters. The topological polar surface area (TPSA) is 56.7 Å². The number of hydrogen-bond acceptors (Lipinski definition) is 3. The second-order valence-corrected chi connectivity index (χ2v) is 6.88. The molecule has 1 aliphatic rings. The summed E-state index contributed by atoms with van der Waals surface area (Å²) in [5, 5.41) is 7.58. The van der Waals surface area contributed by atoms with Gasteiger partial charge in [-0.25, -0.2) is 4.99 Å². The quantitative estimate of drug-likeness (QED) is 0.427. The van der Waals surface area contributed by atoms with Crippen LogP contribution in [-0.2, 0) is 4.79 Å². The maximum atomic E-state index is 11.7. The van der Waals surface area contributed by atoms with Crippen molar-refractivity contribution >= 4 is 23.6 Å². The molecular weight excluding hydrogens is 284 g/mol. The Hall–Kier alpha value is -0.910. The van der Waals surface area contributed by atoms with Crippen molar-refractivity contribution in [3.05, 3.63) is 0 Å². The van der Waals surface area contributed by atoms with Gasteiger partial charge in [0.05, 0.1) is 0 Å². The minimum atomic E-state index is 0.0278. The highest BCUT2D eigenvalue weighted by atomic mass is 32.2. The number of nitrogens with one attached hydrogen (secondary N) is 2. The molecule has 1 amide bonds. The molecule has 0 aromatic carbocycles. The Labute approximate surface area is 133 Å². The van der Waals surface area contributed by atoms with E-state index in [0.717, 1.165) is 30.6 Å². The van der Waals surface area contributed by atoms with Crippen LogP contribution in [0.1, 0.15) is 39.0 Å². The number of aliphatic imine (C=N–C) groups is 1. The van der Waals surface area contributed by atoms with Crippen molar-refractivity contribution in [3.63, 3.8) is 0 Å². The molecule has 21 heavy (non-hydrogen) atoms. The van der Waals surface area contributed by atoms with Gasteiger partial charge in [-0.05, 0) is 31.9 Å². The molecule has 0 bridgehead atoms. The molecule has 2 unspecified atom stereocenters. The number of rotatable bonds is 7. The Kier molecular flexibility index (Phi) is 8.57. The van der Waals surface area contributed by atoms with Crippen LogP contribution in [0.5, 0.6) is 0 Å². The summed E-state index contributed by atoms with van der Waals surface area (Å²) in [4.78, 5) is 17.7. The fourth-order valence-electron chi connectivity index (χ4n) is 2.30.